The van der Waals surface area contributed by atoms with Crippen LogP contribution < -0.4 is 5.32 Å². The van der Waals surface area contributed by atoms with Crippen molar-refractivity contribution in [2.45, 2.75) is 18.6 Å². The molecular formula is C19H21ClN2O2. The molecule has 0 radical (unpaired) electrons. The second-order valence-corrected chi connectivity index (χ2v) is 6.61. The smallest absolute Gasteiger partial charge is 0.256 e. The number of nitrogens with one attached hydrogen (secondary N) is 1. The van der Waals surface area contributed by atoms with Crippen molar-refractivity contribution >= 4 is 23.2 Å². The van der Waals surface area contributed by atoms with E-state index in [4.69, 9.17) is 16.3 Å². The van der Waals surface area contributed by atoms with Crippen LogP contribution in [0, 0.1) is 0 Å². The predicted octanol–water partition coefficient (Wildman–Crippen LogP) is 3.74. The Labute approximate surface area is 147 Å². The number of ether oxygens (including phenoxy) is 1. The van der Waals surface area contributed by atoms with Crippen molar-refractivity contribution in [2.24, 2.45) is 0 Å². The summed E-state index contributed by atoms with van der Waals surface area (Å²) in [6.45, 7) is 2.96. The van der Waals surface area contributed by atoms with Crippen molar-refractivity contribution in [3.05, 3.63) is 65.2 Å². The molecule has 2 atom stereocenters. The zero-order chi connectivity index (χ0) is 17.2. The van der Waals surface area contributed by atoms with Crippen LogP contribution >= 0.6 is 11.6 Å². The van der Waals surface area contributed by atoms with E-state index in [9.17, 15) is 4.79 Å². The van der Waals surface area contributed by atoms with Crippen LogP contribution in [0.5, 0.6) is 0 Å². The third kappa shape index (κ3) is 3.25. The van der Waals surface area contributed by atoms with Gasteiger partial charge in [0.05, 0.1) is 12.6 Å². The van der Waals surface area contributed by atoms with E-state index in [0.29, 0.717) is 18.2 Å². The lowest BCUT2D eigenvalue weighted by Crippen LogP contribution is -2.58. The maximum absolute atomic E-state index is 12.9. The normalized spacial score (nSPS) is 22.3. The summed E-state index contributed by atoms with van der Waals surface area (Å²) in [5.41, 5.74) is 0.897. The zero-order valence-electron chi connectivity index (χ0n) is 13.8. The van der Waals surface area contributed by atoms with Crippen molar-refractivity contribution in [1.82, 2.24) is 4.90 Å². The molecule has 0 saturated carbocycles. The Balaban J connectivity index is 2.00. The first-order chi connectivity index (χ1) is 11.5. The first kappa shape index (κ1) is 16.8. The molecule has 1 amide bonds. The number of carbonyl (C=O) groups is 1. The van der Waals surface area contributed by atoms with Gasteiger partial charge in [-0.1, -0.05) is 41.9 Å². The minimum absolute atomic E-state index is 0.0304. The van der Waals surface area contributed by atoms with E-state index >= 15 is 0 Å². The Hall–Kier alpha value is -2.04. The highest BCUT2D eigenvalue weighted by Gasteiger charge is 2.47. The Kier molecular flexibility index (Phi) is 4.78. The summed E-state index contributed by atoms with van der Waals surface area (Å²) >= 11 is 6.02. The number of likely N-dealkylation sites (N-methyl/N-ethyl adjacent to an activating group) is 1. The van der Waals surface area contributed by atoms with Gasteiger partial charge in [0.15, 0.2) is 5.60 Å². The molecular weight excluding hydrogens is 324 g/mol. The number of nitrogens with zero attached hydrogens (tertiary/aromatic N) is 1. The van der Waals surface area contributed by atoms with Gasteiger partial charge in [-0.25, -0.2) is 0 Å². The van der Waals surface area contributed by atoms with Gasteiger partial charge in [-0.05, 0) is 36.8 Å². The fourth-order valence-corrected chi connectivity index (χ4v) is 3.17. The molecule has 2 aromatic rings. The molecule has 0 unspecified atom stereocenters. The van der Waals surface area contributed by atoms with Crippen LogP contribution in [0.3, 0.4) is 0 Å². The number of carbonyl (C=O) groups excluding carboxylic acids is 1. The van der Waals surface area contributed by atoms with Crippen molar-refractivity contribution in [3.63, 3.8) is 0 Å². The van der Waals surface area contributed by atoms with Crippen molar-refractivity contribution in [2.75, 3.05) is 25.5 Å². The molecule has 0 aliphatic carbocycles. The molecule has 0 spiro atoms. The van der Waals surface area contributed by atoms with Gasteiger partial charge in [0.25, 0.3) is 5.91 Å². The number of amides is 1. The summed E-state index contributed by atoms with van der Waals surface area (Å²) in [6.07, 6.45) is 0. The molecule has 126 valence electrons. The molecule has 5 heteroatoms. The van der Waals surface area contributed by atoms with Gasteiger partial charge < -0.3 is 15.0 Å². The molecule has 2 aromatic carbocycles. The third-order valence-electron chi connectivity index (χ3n) is 4.44. The van der Waals surface area contributed by atoms with Crippen LogP contribution in [0.2, 0.25) is 5.02 Å². The number of halogens is 1. The minimum Gasteiger partial charge on any atom is -0.375 e. The van der Waals surface area contributed by atoms with Crippen molar-refractivity contribution in [1.29, 1.82) is 0 Å². The quantitative estimate of drug-likeness (QED) is 0.918. The monoisotopic (exact) mass is 344 g/mol. The Morgan fingerprint density at radius 3 is 2.50 bits per heavy atom. The average Bonchev–Trinajstić information content (AvgIpc) is 2.59. The Morgan fingerprint density at radius 1 is 1.17 bits per heavy atom. The lowest BCUT2D eigenvalue weighted by molar-refractivity contribution is -0.169. The van der Waals surface area contributed by atoms with Crippen LogP contribution in [0.1, 0.15) is 18.5 Å². The van der Waals surface area contributed by atoms with Gasteiger partial charge in [0.1, 0.15) is 0 Å². The number of para-hydroxylation sites is 1. The Morgan fingerprint density at radius 2 is 1.83 bits per heavy atom. The number of hydrogen-bond acceptors (Lipinski definition) is 3. The summed E-state index contributed by atoms with van der Waals surface area (Å²) in [4.78, 5) is 14.6. The van der Waals surface area contributed by atoms with E-state index in [0.717, 1.165) is 11.3 Å². The SMILES string of the molecule is CN1CCO[C@](C)([C@H](Nc2ccccc2)c2ccc(Cl)cc2)C1=O. The first-order valence-electron chi connectivity index (χ1n) is 7.97. The fourth-order valence-electron chi connectivity index (χ4n) is 3.04. The van der Waals surface area contributed by atoms with E-state index in [1.165, 1.54) is 0 Å². The van der Waals surface area contributed by atoms with Crippen LogP contribution in [0.15, 0.2) is 54.6 Å². The van der Waals surface area contributed by atoms with Gasteiger partial charge in [-0.15, -0.1) is 0 Å². The maximum Gasteiger partial charge on any atom is 0.256 e. The number of hydrogen-bond donors (Lipinski definition) is 1. The largest absolute Gasteiger partial charge is 0.375 e. The van der Waals surface area contributed by atoms with Gasteiger partial charge in [-0.2, -0.15) is 0 Å². The van der Waals surface area contributed by atoms with Gasteiger partial charge in [0, 0.05) is 24.3 Å². The summed E-state index contributed by atoms with van der Waals surface area (Å²) in [6, 6.07) is 17.0. The highest BCUT2D eigenvalue weighted by atomic mass is 35.5. The lowest BCUT2D eigenvalue weighted by Gasteiger charge is -2.43. The maximum atomic E-state index is 12.9. The van der Waals surface area contributed by atoms with Gasteiger partial charge >= 0.3 is 0 Å². The van der Waals surface area contributed by atoms with E-state index in [1.807, 2.05) is 68.6 Å². The molecule has 1 aliphatic heterocycles. The van der Waals surface area contributed by atoms with Gasteiger partial charge in [0.2, 0.25) is 0 Å². The van der Waals surface area contributed by atoms with E-state index in [2.05, 4.69) is 5.32 Å². The number of benzene rings is 2. The van der Waals surface area contributed by atoms with Crippen LogP contribution in [0.25, 0.3) is 0 Å². The topological polar surface area (TPSA) is 41.6 Å². The molecule has 0 bridgehead atoms. The molecule has 1 fully saturated rings. The molecule has 0 aromatic heterocycles. The predicted molar refractivity (Wildman–Crippen MR) is 96.3 cm³/mol. The highest BCUT2D eigenvalue weighted by molar-refractivity contribution is 6.30. The second-order valence-electron chi connectivity index (χ2n) is 6.18. The van der Waals surface area contributed by atoms with E-state index in [1.54, 1.807) is 4.90 Å². The molecule has 24 heavy (non-hydrogen) atoms. The lowest BCUT2D eigenvalue weighted by atomic mass is 9.87. The van der Waals surface area contributed by atoms with Crippen LogP contribution in [-0.4, -0.2) is 36.6 Å². The summed E-state index contributed by atoms with van der Waals surface area (Å²) in [5, 5.41) is 4.12. The molecule has 4 nitrogen and oxygen atoms in total. The standard InChI is InChI=1S/C19H21ClN2O2/c1-19(18(23)22(2)12-13-24-19)17(14-8-10-15(20)11-9-14)21-16-6-4-3-5-7-16/h3-11,17,21H,12-13H2,1-2H3/t17-,19-/m1/s1. The van der Waals surface area contributed by atoms with Crippen molar-refractivity contribution < 1.29 is 9.53 Å². The molecule has 1 saturated heterocycles. The van der Waals surface area contributed by atoms with E-state index in [-0.39, 0.29) is 11.9 Å². The summed E-state index contributed by atoms with van der Waals surface area (Å²) < 4.78 is 5.98. The molecule has 1 N–H and O–H groups in total. The number of morpholine rings is 1. The minimum atomic E-state index is -0.989. The van der Waals surface area contributed by atoms with E-state index < -0.39 is 5.60 Å². The second kappa shape index (κ2) is 6.83. The van der Waals surface area contributed by atoms with Crippen molar-refractivity contribution in [3.8, 4) is 0 Å². The van der Waals surface area contributed by atoms with Crippen LogP contribution in [0.4, 0.5) is 5.69 Å². The first-order valence-corrected chi connectivity index (χ1v) is 8.35. The summed E-state index contributed by atoms with van der Waals surface area (Å²) in [7, 11) is 1.81. The van der Waals surface area contributed by atoms with Gasteiger partial charge in [-0.3, -0.25) is 4.79 Å². The molecule has 3 rings (SSSR count). The average molecular weight is 345 g/mol. The third-order valence-corrected chi connectivity index (χ3v) is 4.69. The Bertz CT molecular complexity index is 705. The fraction of sp³-hybridized carbons (Fsp3) is 0.316. The highest BCUT2D eigenvalue weighted by Crippen LogP contribution is 2.36. The molecule has 1 heterocycles. The number of anilines is 1. The number of rotatable bonds is 4. The summed E-state index contributed by atoms with van der Waals surface area (Å²) in [5.74, 6) is -0.0304. The zero-order valence-corrected chi connectivity index (χ0v) is 14.6. The van der Waals surface area contributed by atoms with Crippen LogP contribution in [-0.2, 0) is 9.53 Å². The molecule has 1 aliphatic rings.